The number of likely N-dealkylation sites (tertiary alicyclic amines) is 1. The maximum absolute atomic E-state index is 13.3. The van der Waals surface area contributed by atoms with E-state index in [9.17, 15) is 9.18 Å². The summed E-state index contributed by atoms with van der Waals surface area (Å²) in [5.74, 6) is -0.193. The number of aromatic nitrogens is 3. The molecule has 1 fully saturated rings. The molecule has 1 aliphatic heterocycles. The van der Waals surface area contributed by atoms with Gasteiger partial charge in [0.1, 0.15) is 11.8 Å². The second kappa shape index (κ2) is 6.68. The quantitative estimate of drug-likeness (QED) is 0.684. The van der Waals surface area contributed by atoms with Gasteiger partial charge in [0.25, 0.3) is 5.91 Å². The molecule has 3 aromatic heterocycles. The van der Waals surface area contributed by atoms with Crippen molar-refractivity contribution in [2.75, 3.05) is 13.1 Å². The number of alkyl halides is 1. The third kappa shape index (κ3) is 2.94. The largest absolute Gasteiger partial charge is 0.338 e. The third-order valence-corrected chi connectivity index (χ3v) is 5.17. The van der Waals surface area contributed by atoms with Gasteiger partial charge in [-0.25, -0.2) is 9.37 Å². The highest BCUT2D eigenvalue weighted by Crippen LogP contribution is 2.29. The predicted octanol–water partition coefficient (Wildman–Crippen LogP) is 3.96. The Hall–Kier alpha value is -2.47. The van der Waals surface area contributed by atoms with Gasteiger partial charge in [0.05, 0.1) is 22.5 Å². The van der Waals surface area contributed by atoms with Crippen molar-refractivity contribution in [2.45, 2.75) is 25.9 Å². The number of nitrogens with zero attached hydrogens (tertiary/aromatic N) is 4. The summed E-state index contributed by atoms with van der Waals surface area (Å²) in [5.41, 5.74) is 2.83. The summed E-state index contributed by atoms with van der Waals surface area (Å²) < 4.78 is 15.2. The zero-order valence-electron chi connectivity index (χ0n) is 14.3. The monoisotopic (exact) mass is 372 g/mol. The summed E-state index contributed by atoms with van der Waals surface area (Å²) in [6.45, 7) is 2.74. The predicted molar refractivity (Wildman–Crippen MR) is 98.6 cm³/mol. The molecule has 134 valence electrons. The van der Waals surface area contributed by atoms with Crippen LogP contribution >= 0.6 is 11.6 Å². The minimum Gasteiger partial charge on any atom is -0.338 e. The average molecular weight is 373 g/mol. The van der Waals surface area contributed by atoms with Crippen LogP contribution in [0.15, 0.2) is 36.8 Å². The Morgan fingerprint density at radius 3 is 2.65 bits per heavy atom. The summed E-state index contributed by atoms with van der Waals surface area (Å²) in [6, 6.07) is 5.72. The van der Waals surface area contributed by atoms with Crippen LogP contribution in [0.4, 0.5) is 4.39 Å². The fraction of sp³-hybridized carbons (Fsp3) is 0.316. The first kappa shape index (κ1) is 17.0. The molecule has 4 rings (SSSR count). The van der Waals surface area contributed by atoms with Gasteiger partial charge in [0.2, 0.25) is 0 Å². The zero-order valence-corrected chi connectivity index (χ0v) is 15.1. The Labute approximate surface area is 155 Å². The van der Waals surface area contributed by atoms with Gasteiger partial charge in [-0.05, 0) is 38.0 Å². The second-order valence-corrected chi connectivity index (χ2v) is 6.91. The van der Waals surface area contributed by atoms with E-state index in [1.54, 1.807) is 11.1 Å². The Morgan fingerprint density at radius 2 is 1.96 bits per heavy atom. The molecular weight excluding hydrogens is 355 g/mol. The van der Waals surface area contributed by atoms with Gasteiger partial charge in [-0.2, -0.15) is 0 Å². The molecular formula is C19H18ClFN4O. The van der Waals surface area contributed by atoms with Gasteiger partial charge in [0, 0.05) is 36.6 Å². The van der Waals surface area contributed by atoms with Crippen molar-refractivity contribution in [1.82, 2.24) is 19.4 Å². The van der Waals surface area contributed by atoms with Crippen LogP contribution in [-0.2, 0) is 0 Å². The van der Waals surface area contributed by atoms with Crippen molar-refractivity contribution >= 4 is 28.5 Å². The molecule has 0 radical (unpaired) electrons. The number of hydrogen-bond acceptors (Lipinski definition) is 3. The molecule has 0 atom stereocenters. The van der Waals surface area contributed by atoms with Crippen molar-refractivity contribution in [2.24, 2.45) is 0 Å². The molecule has 1 saturated heterocycles. The lowest BCUT2D eigenvalue weighted by molar-refractivity contribution is 0.0667. The Morgan fingerprint density at radius 1 is 1.19 bits per heavy atom. The van der Waals surface area contributed by atoms with E-state index in [0.717, 1.165) is 11.4 Å². The molecule has 0 aromatic carbocycles. The third-order valence-electron chi connectivity index (χ3n) is 4.76. The number of fused-ring (bicyclic) bond motifs is 1. The number of halogens is 2. The molecule has 4 heterocycles. The molecule has 0 spiro atoms. The van der Waals surface area contributed by atoms with E-state index in [2.05, 4.69) is 9.97 Å². The number of piperidine rings is 1. The number of aryl methyl sites for hydroxylation is 1. The van der Waals surface area contributed by atoms with Crippen LogP contribution in [0.25, 0.3) is 16.7 Å². The van der Waals surface area contributed by atoms with Crippen LogP contribution < -0.4 is 0 Å². The molecule has 3 aromatic rings. The van der Waals surface area contributed by atoms with E-state index < -0.39 is 6.17 Å². The van der Waals surface area contributed by atoms with E-state index in [1.807, 2.05) is 35.9 Å². The van der Waals surface area contributed by atoms with Crippen molar-refractivity contribution < 1.29 is 9.18 Å². The molecule has 5 nitrogen and oxygen atoms in total. The smallest absolute Gasteiger partial charge is 0.256 e. The van der Waals surface area contributed by atoms with Crippen LogP contribution in [0.2, 0.25) is 5.02 Å². The molecule has 0 aliphatic carbocycles. The number of hydrogen-bond donors (Lipinski definition) is 0. The highest BCUT2D eigenvalue weighted by atomic mass is 35.5. The van der Waals surface area contributed by atoms with Gasteiger partial charge >= 0.3 is 0 Å². The van der Waals surface area contributed by atoms with Crippen LogP contribution in [0.5, 0.6) is 0 Å². The highest BCUT2D eigenvalue weighted by molar-refractivity contribution is 6.38. The van der Waals surface area contributed by atoms with Gasteiger partial charge in [-0.15, -0.1) is 0 Å². The molecule has 0 N–H and O–H groups in total. The molecule has 1 aliphatic rings. The number of carbonyl (C=O) groups excluding carboxylic acids is 1. The first-order valence-electron chi connectivity index (χ1n) is 8.56. The second-order valence-electron chi connectivity index (χ2n) is 6.53. The Kier molecular flexibility index (Phi) is 4.36. The summed E-state index contributed by atoms with van der Waals surface area (Å²) >= 11 is 6.52. The van der Waals surface area contributed by atoms with Crippen molar-refractivity contribution in [3.8, 4) is 5.69 Å². The SMILES string of the molecule is Cc1ccc(-n2ccc3c(Cl)c(C(=O)N4CCC(F)CC4)cnc32)cn1. The first-order chi connectivity index (χ1) is 12.5. The van der Waals surface area contributed by atoms with Crippen molar-refractivity contribution in [3.05, 3.63) is 53.1 Å². The van der Waals surface area contributed by atoms with Gasteiger partial charge < -0.3 is 4.90 Å². The van der Waals surface area contributed by atoms with Crippen LogP contribution in [0.3, 0.4) is 0 Å². The summed E-state index contributed by atoms with van der Waals surface area (Å²) in [6.07, 6.45) is 5.05. The summed E-state index contributed by atoms with van der Waals surface area (Å²) in [5, 5.41) is 1.08. The molecule has 0 saturated carbocycles. The fourth-order valence-electron chi connectivity index (χ4n) is 3.24. The molecule has 26 heavy (non-hydrogen) atoms. The number of rotatable bonds is 2. The van der Waals surface area contributed by atoms with Gasteiger partial charge in [-0.3, -0.25) is 14.3 Å². The average Bonchev–Trinajstić information content (AvgIpc) is 3.08. The van der Waals surface area contributed by atoms with Gasteiger partial charge in [-0.1, -0.05) is 11.6 Å². The number of pyridine rings is 2. The van der Waals surface area contributed by atoms with Crippen molar-refractivity contribution in [1.29, 1.82) is 0 Å². The van der Waals surface area contributed by atoms with E-state index in [4.69, 9.17) is 11.6 Å². The normalized spacial score (nSPS) is 15.6. The van der Waals surface area contributed by atoms with Crippen LogP contribution in [0.1, 0.15) is 28.9 Å². The lowest BCUT2D eigenvalue weighted by Crippen LogP contribution is -2.39. The zero-order chi connectivity index (χ0) is 18.3. The van der Waals surface area contributed by atoms with Crippen LogP contribution in [-0.4, -0.2) is 44.6 Å². The number of amides is 1. The molecule has 1 amide bonds. The minimum atomic E-state index is -0.827. The summed E-state index contributed by atoms with van der Waals surface area (Å²) in [4.78, 5) is 23.2. The van der Waals surface area contributed by atoms with E-state index in [1.165, 1.54) is 6.20 Å². The molecule has 0 unspecified atom stereocenters. The molecule has 7 heteroatoms. The highest BCUT2D eigenvalue weighted by Gasteiger charge is 2.26. The van der Waals surface area contributed by atoms with Gasteiger partial charge in [0.15, 0.2) is 0 Å². The van der Waals surface area contributed by atoms with E-state index in [0.29, 0.717) is 47.6 Å². The van der Waals surface area contributed by atoms with E-state index >= 15 is 0 Å². The number of carbonyl (C=O) groups is 1. The van der Waals surface area contributed by atoms with Crippen molar-refractivity contribution in [3.63, 3.8) is 0 Å². The summed E-state index contributed by atoms with van der Waals surface area (Å²) in [7, 11) is 0. The fourth-order valence-corrected chi connectivity index (χ4v) is 3.51. The minimum absolute atomic E-state index is 0.193. The molecule has 0 bridgehead atoms. The van der Waals surface area contributed by atoms with E-state index in [-0.39, 0.29) is 5.91 Å². The Bertz CT molecular complexity index is 962. The Balaban J connectivity index is 1.70. The standard InChI is InChI=1S/C19H18ClFN4O/c1-12-2-3-14(10-22-12)25-9-6-15-17(20)16(11-23-18(15)25)19(26)24-7-4-13(21)5-8-24/h2-3,6,9-11,13H,4-5,7-8H2,1H3. The lowest BCUT2D eigenvalue weighted by Gasteiger charge is -2.28. The first-order valence-corrected chi connectivity index (χ1v) is 8.94. The lowest BCUT2D eigenvalue weighted by atomic mass is 10.1. The topological polar surface area (TPSA) is 51.0 Å². The maximum Gasteiger partial charge on any atom is 0.256 e. The van der Waals surface area contributed by atoms with Crippen LogP contribution in [0, 0.1) is 6.92 Å². The maximum atomic E-state index is 13.3.